The third-order valence-corrected chi connectivity index (χ3v) is 2.15. The van der Waals surface area contributed by atoms with Crippen LogP contribution in [0.15, 0.2) is 24.3 Å². The Morgan fingerprint density at radius 3 is 2.33 bits per heavy atom. The maximum absolute atomic E-state index is 12.6. The van der Waals surface area contributed by atoms with Crippen molar-refractivity contribution in [3.8, 4) is 0 Å². The van der Waals surface area contributed by atoms with Crippen molar-refractivity contribution in [3.05, 3.63) is 35.6 Å². The molecule has 0 heterocycles. The van der Waals surface area contributed by atoms with Crippen molar-refractivity contribution < 1.29 is 18.7 Å². The number of Topliss-reactive ketones (excluding diaryl/α,β-unsaturated/α-hetero) is 1. The molecule has 0 radical (unpaired) electrons. The lowest BCUT2D eigenvalue weighted by Crippen LogP contribution is -2.15. The number of hydrogen-bond donors (Lipinski definition) is 1. The third kappa shape index (κ3) is 6.32. The fraction of sp³-hybridized carbons (Fsp3) is 0.333. The monoisotopic (exact) mass is 275 g/mol. The highest BCUT2D eigenvalue weighted by molar-refractivity contribution is 5.85. The number of benzene rings is 1. The van der Waals surface area contributed by atoms with Crippen LogP contribution in [0, 0.1) is 5.82 Å². The molecular formula is C12H15ClFNO3. The van der Waals surface area contributed by atoms with E-state index in [1.807, 2.05) is 0 Å². The molecule has 0 amide bonds. The van der Waals surface area contributed by atoms with Crippen LogP contribution in [0.4, 0.5) is 4.39 Å². The minimum Gasteiger partial charge on any atom is -0.461 e. The largest absolute Gasteiger partial charge is 0.461 e. The van der Waals surface area contributed by atoms with E-state index >= 15 is 0 Å². The molecule has 1 aromatic carbocycles. The van der Waals surface area contributed by atoms with Gasteiger partial charge in [-0.1, -0.05) is 12.1 Å². The Hall–Kier alpha value is -1.46. The lowest BCUT2D eigenvalue weighted by molar-refractivity contribution is -0.146. The molecule has 0 unspecified atom stereocenters. The summed E-state index contributed by atoms with van der Waals surface area (Å²) in [7, 11) is 0. The predicted molar refractivity (Wildman–Crippen MR) is 66.7 cm³/mol. The van der Waals surface area contributed by atoms with Gasteiger partial charge in [0.2, 0.25) is 0 Å². The first-order chi connectivity index (χ1) is 8.11. The number of esters is 1. The molecule has 0 spiro atoms. The molecular weight excluding hydrogens is 261 g/mol. The smallest absolute Gasteiger partial charge is 0.306 e. The summed E-state index contributed by atoms with van der Waals surface area (Å²) in [4.78, 5) is 22.1. The standard InChI is InChI=1S/C12H14FNO3.ClH/c13-10-3-1-9(2-4-10)8-17-12(16)6-5-11(15)7-14;/h1-4H,5-8,14H2;1H. The van der Waals surface area contributed by atoms with Crippen LogP contribution in [0.5, 0.6) is 0 Å². The molecule has 100 valence electrons. The van der Waals surface area contributed by atoms with Gasteiger partial charge in [0.25, 0.3) is 0 Å². The first-order valence-electron chi connectivity index (χ1n) is 5.23. The van der Waals surface area contributed by atoms with Crippen LogP contribution >= 0.6 is 12.4 Å². The van der Waals surface area contributed by atoms with Gasteiger partial charge in [-0.2, -0.15) is 0 Å². The van der Waals surface area contributed by atoms with E-state index in [1.165, 1.54) is 24.3 Å². The number of ketones is 1. The molecule has 0 saturated carbocycles. The van der Waals surface area contributed by atoms with Crippen molar-refractivity contribution in [3.63, 3.8) is 0 Å². The van der Waals surface area contributed by atoms with Crippen molar-refractivity contribution in [2.75, 3.05) is 6.54 Å². The van der Waals surface area contributed by atoms with E-state index < -0.39 is 5.97 Å². The summed E-state index contributed by atoms with van der Waals surface area (Å²) in [5, 5.41) is 0. The average molecular weight is 276 g/mol. The fourth-order valence-corrected chi connectivity index (χ4v) is 1.16. The minimum atomic E-state index is -0.462. The van der Waals surface area contributed by atoms with Crippen LogP contribution in [0.25, 0.3) is 0 Å². The van der Waals surface area contributed by atoms with E-state index in [9.17, 15) is 14.0 Å². The van der Waals surface area contributed by atoms with Crippen molar-refractivity contribution in [1.29, 1.82) is 0 Å². The van der Waals surface area contributed by atoms with Gasteiger partial charge in [0.15, 0.2) is 0 Å². The fourth-order valence-electron chi connectivity index (χ4n) is 1.16. The number of rotatable bonds is 6. The van der Waals surface area contributed by atoms with Gasteiger partial charge in [0, 0.05) is 6.42 Å². The van der Waals surface area contributed by atoms with E-state index in [1.54, 1.807) is 0 Å². The van der Waals surface area contributed by atoms with Gasteiger partial charge in [-0.05, 0) is 17.7 Å². The van der Waals surface area contributed by atoms with Gasteiger partial charge in [0.05, 0.1) is 13.0 Å². The summed E-state index contributed by atoms with van der Waals surface area (Å²) in [6.45, 7) is 0.0151. The number of ether oxygens (including phenoxy) is 1. The first-order valence-corrected chi connectivity index (χ1v) is 5.23. The zero-order valence-corrected chi connectivity index (χ0v) is 10.5. The Morgan fingerprint density at radius 2 is 1.78 bits per heavy atom. The number of nitrogens with two attached hydrogens (primary N) is 1. The van der Waals surface area contributed by atoms with Gasteiger partial charge < -0.3 is 10.5 Å². The summed E-state index contributed by atoms with van der Waals surface area (Å²) in [5.41, 5.74) is 5.80. The average Bonchev–Trinajstić information content (AvgIpc) is 2.35. The quantitative estimate of drug-likeness (QED) is 0.801. The zero-order chi connectivity index (χ0) is 12.7. The van der Waals surface area contributed by atoms with Gasteiger partial charge in [-0.25, -0.2) is 4.39 Å². The Kier molecular flexibility index (Phi) is 7.91. The number of halogens is 2. The van der Waals surface area contributed by atoms with Crippen LogP contribution in [0.1, 0.15) is 18.4 Å². The van der Waals surface area contributed by atoms with Crippen LogP contribution < -0.4 is 5.73 Å². The van der Waals surface area contributed by atoms with Crippen LogP contribution in [-0.4, -0.2) is 18.3 Å². The molecule has 4 nitrogen and oxygen atoms in total. The predicted octanol–water partition coefficient (Wildman–Crippen LogP) is 1.60. The van der Waals surface area contributed by atoms with E-state index in [4.69, 9.17) is 10.5 Å². The summed E-state index contributed by atoms with van der Waals surface area (Å²) < 4.78 is 17.5. The van der Waals surface area contributed by atoms with Crippen molar-refractivity contribution in [2.24, 2.45) is 5.73 Å². The maximum atomic E-state index is 12.6. The van der Waals surface area contributed by atoms with Gasteiger partial charge in [0.1, 0.15) is 18.2 Å². The van der Waals surface area contributed by atoms with Crippen LogP contribution in [0.2, 0.25) is 0 Å². The van der Waals surface area contributed by atoms with E-state index in [0.29, 0.717) is 5.56 Å². The van der Waals surface area contributed by atoms with Crippen LogP contribution in [0.3, 0.4) is 0 Å². The molecule has 18 heavy (non-hydrogen) atoms. The molecule has 0 atom stereocenters. The molecule has 6 heteroatoms. The van der Waals surface area contributed by atoms with Gasteiger partial charge in [-0.3, -0.25) is 9.59 Å². The summed E-state index contributed by atoms with van der Waals surface area (Å²) in [6.07, 6.45) is 0.121. The minimum absolute atomic E-state index is 0. The zero-order valence-electron chi connectivity index (χ0n) is 9.73. The molecule has 1 aromatic rings. The first kappa shape index (κ1) is 16.5. The molecule has 0 aliphatic carbocycles. The number of carbonyl (C=O) groups excluding carboxylic acids is 2. The second kappa shape index (κ2) is 8.60. The van der Waals surface area contributed by atoms with Gasteiger partial charge >= 0.3 is 5.97 Å². The molecule has 1 rings (SSSR count). The van der Waals surface area contributed by atoms with Crippen LogP contribution in [-0.2, 0) is 20.9 Å². The SMILES string of the molecule is Cl.NCC(=O)CCC(=O)OCc1ccc(F)cc1. The molecule has 0 aromatic heterocycles. The molecule has 0 aliphatic rings. The Balaban J connectivity index is 0.00000289. The highest BCUT2D eigenvalue weighted by atomic mass is 35.5. The summed E-state index contributed by atoms with van der Waals surface area (Å²) in [5.74, 6) is -0.978. The van der Waals surface area contributed by atoms with Crippen molar-refractivity contribution >= 4 is 24.2 Å². The lowest BCUT2D eigenvalue weighted by Gasteiger charge is -2.04. The highest BCUT2D eigenvalue weighted by Gasteiger charge is 2.06. The maximum Gasteiger partial charge on any atom is 0.306 e. The lowest BCUT2D eigenvalue weighted by atomic mass is 10.2. The van der Waals surface area contributed by atoms with E-state index in [2.05, 4.69) is 0 Å². The second-order valence-corrected chi connectivity index (χ2v) is 3.53. The Morgan fingerprint density at radius 1 is 1.17 bits per heavy atom. The van der Waals surface area contributed by atoms with Gasteiger partial charge in [-0.15, -0.1) is 12.4 Å². The normalized spacial score (nSPS) is 9.44. The van der Waals surface area contributed by atoms with Crippen molar-refractivity contribution in [2.45, 2.75) is 19.4 Å². The van der Waals surface area contributed by atoms with E-state index in [-0.39, 0.29) is 50.0 Å². The molecule has 2 N–H and O–H groups in total. The Bertz CT molecular complexity index is 395. The second-order valence-electron chi connectivity index (χ2n) is 3.53. The molecule has 0 fully saturated rings. The summed E-state index contributed by atoms with van der Waals surface area (Å²) >= 11 is 0. The number of carbonyl (C=O) groups is 2. The number of hydrogen-bond acceptors (Lipinski definition) is 4. The topological polar surface area (TPSA) is 69.4 Å². The van der Waals surface area contributed by atoms with Crippen molar-refractivity contribution in [1.82, 2.24) is 0 Å². The molecule has 0 saturated heterocycles. The Labute approximate surface area is 111 Å². The third-order valence-electron chi connectivity index (χ3n) is 2.15. The summed E-state index contributed by atoms with van der Waals surface area (Å²) in [6, 6.07) is 5.66. The molecule has 0 aliphatic heterocycles. The molecule has 0 bridgehead atoms. The highest BCUT2D eigenvalue weighted by Crippen LogP contribution is 2.05. The van der Waals surface area contributed by atoms with E-state index in [0.717, 1.165) is 0 Å².